The maximum absolute atomic E-state index is 12.0. The Kier molecular flexibility index (Phi) is 5.37. The number of amides is 1. The molecule has 1 saturated carbocycles. The largest absolute Gasteiger partial charge is 0.478 e. The Morgan fingerprint density at radius 3 is 2.57 bits per heavy atom. The van der Waals surface area contributed by atoms with E-state index in [4.69, 9.17) is 5.11 Å². The van der Waals surface area contributed by atoms with E-state index in [1.165, 1.54) is 12.8 Å². The first-order valence-corrected chi connectivity index (χ1v) is 7.63. The van der Waals surface area contributed by atoms with Gasteiger partial charge in [-0.05, 0) is 42.4 Å². The maximum Gasteiger partial charge on any atom is 0.335 e. The first-order chi connectivity index (χ1) is 10.0. The zero-order valence-corrected chi connectivity index (χ0v) is 12.5. The fourth-order valence-corrected chi connectivity index (χ4v) is 3.05. The van der Waals surface area contributed by atoms with Gasteiger partial charge in [0, 0.05) is 13.0 Å². The molecule has 2 unspecified atom stereocenters. The first kappa shape index (κ1) is 15.5. The Labute approximate surface area is 125 Å². The maximum atomic E-state index is 12.0. The average molecular weight is 289 g/mol. The van der Waals surface area contributed by atoms with Crippen molar-refractivity contribution in [2.75, 3.05) is 0 Å². The Hall–Kier alpha value is -1.84. The summed E-state index contributed by atoms with van der Waals surface area (Å²) in [5.74, 6) is 0.414. The summed E-state index contributed by atoms with van der Waals surface area (Å²) < 4.78 is 0. The molecule has 114 valence electrons. The van der Waals surface area contributed by atoms with Crippen LogP contribution in [0, 0.1) is 11.8 Å². The summed E-state index contributed by atoms with van der Waals surface area (Å²) in [6.07, 6.45) is 5.44. The molecule has 0 bridgehead atoms. The zero-order valence-electron chi connectivity index (χ0n) is 12.5. The number of hydrogen-bond acceptors (Lipinski definition) is 2. The molecule has 4 nitrogen and oxygen atoms in total. The van der Waals surface area contributed by atoms with Crippen molar-refractivity contribution in [3.63, 3.8) is 0 Å². The number of carbonyl (C=O) groups is 2. The molecule has 0 aromatic heterocycles. The molecule has 0 aliphatic heterocycles. The summed E-state index contributed by atoms with van der Waals surface area (Å²) in [6.45, 7) is 2.72. The fourth-order valence-electron chi connectivity index (χ4n) is 3.05. The van der Waals surface area contributed by atoms with E-state index >= 15 is 0 Å². The molecule has 0 saturated heterocycles. The van der Waals surface area contributed by atoms with E-state index in [1.807, 2.05) is 0 Å². The minimum atomic E-state index is -0.933. The minimum Gasteiger partial charge on any atom is -0.478 e. The standard InChI is InChI=1S/C17H23NO3/c1-12-3-2-4-14(9-12)10-16(19)18-11-13-5-7-15(8-6-13)17(20)21/h5-8,12,14H,2-4,9-11H2,1H3,(H,18,19)(H,20,21). The van der Waals surface area contributed by atoms with Gasteiger partial charge in [0.25, 0.3) is 0 Å². The van der Waals surface area contributed by atoms with Crippen LogP contribution in [0.15, 0.2) is 24.3 Å². The highest BCUT2D eigenvalue weighted by Crippen LogP contribution is 2.30. The second-order valence-corrected chi connectivity index (χ2v) is 6.12. The second kappa shape index (κ2) is 7.25. The van der Waals surface area contributed by atoms with Crippen molar-refractivity contribution in [3.05, 3.63) is 35.4 Å². The monoisotopic (exact) mass is 289 g/mol. The lowest BCUT2D eigenvalue weighted by Crippen LogP contribution is -2.27. The van der Waals surface area contributed by atoms with Crippen LogP contribution < -0.4 is 5.32 Å². The zero-order chi connectivity index (χ0) is 15.2. The smallest absolute Gasteiger partial charge is 0.335 e. The lowest BCUT2D eigenvalue weighted by Gasteiger charge is -2.26. The molecule has 0 spiro atoms. The highest BCUT2D eigenvalue weighted by molar-refractivity contribution is 5.87. The van der Waals surface area contributed by atoms with E-state index in [0.717, 1.165) is 24.3 Å². The topological polar surface area (TPSA) is 66.4 Å². The molecule has 0 radical (unpaired) electrons. The van der Waals surface area contributed by atoms with Crippen LogP contribution in [0.25, 0.3) is 0 Å². The molecular formula is C17H23NO3. The summed E-state index contributed by atoms with van der Waals surface area (Å²) in [6, 6.07) is 6.61. The van der Waals surface area contributed by atoms with Crippen molar-refractivity contribution < 1.29 is 14.7 Å². The number of carboxylic acid groups (broad SMARTS) is 1. The number of carbonyl (C=O) groups excluding carboxylic acids is 1. The van der Waals surface area contributed by atoms with Gasteiger partial charge in [-0.15, -0.1) is 0 Å². The molecule has 1 aromatic carbocycles. The highest BCUT2D eigenvalue weighted by Gasteiger charge is 2.21. The summed E-state index contributed by atoms with van der Waals surface area (Å²) in [5.41, 5.74) is 1.19. The highest BCUT2D eigenvalue weighted by atomic mass is 16.4. The van der Waals surface area contributed by atoms with Crippen molar-refractivity contribution in [1.29, 1.82) is 0 Å². The number of nitrogens with one attached hydrogen (secondary N) is 1. The summed E-state index contributed by atoms with van der Waals surface area (Å²) >= 11 is 0. The Bertz CT molecular complexity index is 495. The number of carboxylic acids is 1. The number of rotatable bonds is 5. The van der Waals surface area contributed by atoms with Gasteiger partial charge in [0.2, 0.25) is 5.91 Å². The Morgan fingerprint density at radius 1 is 1.24 bits per heavy atom. The van der Waals surface area contributed by atoms with Crippen LogP contribution in [0.1, 0.15) is 54.9 Å². The van der Waals surface area contributed by atoms with Crippen LogP contribution >= 0.6 is 0 Å². The van der Waals surface area contributed by atoms with Gasteiger partial charge >= 0.3 is 5.97 Å². The SMILES string of the molecule is CC1CCCC(CC(=O)NCc2ccc(C(=O)O)cc2)C1. The molecule has 2 atom stereocenters. The van der Waals surface area contributed by atoms with Gasteiger partial charge in [-0.25, -0.2) is 4.79 Å². The van der Waals surface area contributed by atoms with Gasteiger partial charge in [-0.3, -0.25) is 4.79 Å². The van der Waals surface area contributed by atoms with E-state index in [9.17, 15) is 9.59 Å². The molecule has 1 fully saturated rings. The molecule has 21 heavy (non-hydrogen) atoms. The van der Waals surface area contributed by atoms with E-state index < -0.39 is 5.97 Å². The van der Waals surface area contributed by atoms with Gasteiger partial charge in [0.1, 0.15) is 0 Å². The summed E-state index contributed by atoms with van der Waals surface area (Å²) in [5, 5.41) is 11.8. The fraction of sp³-hybridized carbons (Fsp3) is 0.529. The third-order valence-corrected chi connectivity index (χ3v) is 4.21. The lowest BCUT2D eigenvalue weighted by atomic mass is 9.81. The van der Waals surface area contributed by atoms with Gasteiger partial charge in [-0.1, -0.05) is 31.9 Å². The van der Waals surface area contributed by atoms with Crippen molar-refractivity contribution in [3.8, 4) is 0 Å². The van der Waals surface area contributed by atoms with Crippen molar-refractivity contribution in [2.24, 2.45) is 11.8 Å². The summed E-state index contributed by atoms with van der Waals surface area (Å²) in [7, 11) is 0. The lowest BCUT2D eigenvalue weighted by molar-refractivity contribution is -0.122. The molecule has 1 aliphatic rings. The predicted octanol–water partition coefficient (Wildman–Crippen LogP) is 3.22. The molecule has 1 aliphatic carbocycles. The molecule has 1 aromatic rings. The number of benzene rings is 1. The molecular weight excluding hydrogens is 266 g/mol. The van der Waals surface area contributed by atoms with Crippen LogP contribution in [0.4, 0.5) is 0 Å². The Balaban J connectivity index is 1.76. The first-order valence-electron chi connectivity index (χ1n) is 7.63. The van der Waals surface area contributed by atoms with Crippen LogP contribution in [-0.2, 0) is 11.3 Å². The van der Waals surface area contributed by atoms with E-state index in [-0.39, 0.29) is 11.5 Å². The number of aromatic carboxylic acids is 1. The van der Waals surface area contributed by atoms with Gasteiger partial charge < -0.3 is 10.4 Å². The van der Waals surface area contributed by atoms with Crippen LogP contribution in [-0.4, -0.2) is 17.0 Å². The minimum absolute atomic E-state index is 0.0939. The third kappa shape index (κ3) is 4.88. The average Bonchev–Trinajstić information content (AvgIpc) is 2.45. The molecule has 2 N–H and O–H groups in total. The molecule has 1 amide bonds. The van der Waals surface area contributed by atoms with Gasteiger partial charge in [0.15, 0.2) is 0 Å². The Morgan fingerprint density at radius 2 is 1.95 bits per heavy atom. The van der Waals surface area contributed by atoms with E-state index in [0.29, 0.717) is 18.9 Å². The third-order valence-electron chi connectivity index (χ3n) is 4.21. The van der Waals surface area contributed by atoms with E-state index in [2.05, 4.69) is 12.2 Å². The number of hydrogen-bond donors (Lipinski definition) is 2. The van der Waals surface area contributed by atoms with Crippen LogP contribution in [0.2, 0.25) is 0 Å². The molecule has 2 rings (SSSR count). The second-order valence-electron chi connectivity index (χ2n) is 6.12. The van der Waals surface area contributed by atoms with Crippen molar-refractivity contribution >= 4 is 11.9 Å². The van der Waals surface area contributed by atoms with Gasteiger partial charge in [-0.2, -0.15) is 0 Å². The molecule has 4 heteroatoms. The van der Waals surface area contributed by atoms with Crippen molar-refractivity contribution in [1.82, 2.24) is 5.32 Å². The van der Waals surface area contributed by atoms with E-state index in [1.54, 1.807) is 24.3 Å². The predicted molar refractivity (Wildman–Crippen MR) is 81.0 cm³/mol. The quantitative estimate of drug-likeness (QED) is 0.874. The molecule has 0 heterocycles. The van der Waals surface area contributed by atoms with Crippen LogP contribution in [0.5, 0.6) is 0 Å². The summed E-state index contributed by atoms with van der Waals surface area (Å²) in [4.78, 5) is 22.7. The van der Waals surface area contributed by atoms with Gasteiger partial charge in [0.05, 0.1) is 5.56 Å². The van der Waals surface area contributed by atoms with Crippen molar-refractivity contribution in [2.45, 2.75) is 45.6 Å². The normalized spacial score (nSPS) is 21.8. The van der Waals surface area contributed by atoms with Crippen LogP contribution in [0.3, 0.4) is 0 Å².